The van der Waals surface area contributed by atoms with Crippen LogP contribution >= 0.6 is 0 Å². The average molecular weight is 342 g/mol. The third-order valence-electron chi connectivity index (χ3n) is 4.48. The van der Waals surface area contributed by atoms with Crippen LogP contribution in [0.15, 0.2) is 72.9 Å². The Labute approximate surface area is 151 Å². The van der Waals surface area contributed by atoms with Crippen LogP contribution in [0, 0.1) is 6.92 Å². The lowest BCUT2D eigenvalue weighted by Crippen LogP contribution is -1.98. The van der Waals surface area contributed by atoms with Crippen molar-refractivity contribution in [3.05, 3.63) is 95.2 Å². The minimum Gasteiger partial charge on any atom is -0.478 e. The van der Waals surface area contributed by atoms with Gasteiger partial charge in [-0.2, -0.15) is 5.10 Å². The summed E-state index contributed by atoms with van der Waals surface area (Å²) < 4.78 is 1.91. The molecule has 0 saturated carbocycles. The van der Waals surface area contributed by atoms with E-state index in [0.29, 0.717) is 12.0 Å². The number of hydrogen-bond donors (Lipinski definition) is 1. The molecule has 0 aliphatic heterocycles. The zero-order valence-electron chi connectivity index (χ0n) is 14.4. The van der Waals surface area contributed by atoms with E-state index in [1.807, 2.05) is 54.0 Å². The zero-order chi connectivity index (χ0) is 18.1. The normalized spacial score (nSPS) is 11.0. The Morgan fingerprint density at radius 3 is 2.62 bits per heavy atom. The number of carboxylic acids is 1. The van der Waals surface area contributed by atoms with Crippen LogP contribution in [0.1, 0.15) is 27.0 Å². The van der Waals surface area contributed by atoms with Crippen molar-refractivity contribution in [2.24, 2.45) is 0 Å². The Bertz CT molecular complexity index is 1100. The molecule has 4 rings (SSSR count). The summed E-state index contributed by atoms with van der Waals surface area (Å²) in [6, 6.07) is 21.3. The van der Waals surface area contributed by atoms with Gasteiger partial charge in [-0.05, 0) is 36.2 Å². The van der Waals surface area contributed by atoms with Gasteiger partial charge in [-0.3, -0.25) is 0 Å². The predicted molar refractivity (Wildman–Crippen MR) is 102 cm³/mol. The van der Waals surface area contributed by atoms with Gasteiger partial charge in [-0.15, -0.1) is 0 Å². The monoisotopic (exact) mass is 342 g/mol. The maximum atomic E-state index is 11.3. The Kier molecular flexibility index (Phi) is 4.01. The fourth-order valence-electron chi connectivity index (χ4n) is 3.22. The molecule has 0 aliphatic carbocycles. The Morgan fingerprint density at radius 1 is 1.04 bits per heavy atom. The van der Waals surface area contributed by atoms with Gasteiger partial charge in [0.15, 0.2) is 0 Å². The number of pyridine rings is 1. The minimum atomic E-state index is -0.911. The van der Waals surface area contributed by atoms with E-state index in [1.165, 1.54) is 0 Å². The lowest BCUT2D eigenvalue weighted by atomic mass is 9.98. The molecule has 2 aromatic heterocycles. The molecule has 0 radical (unpaired) electrons. The number of aromatic carboxylic acids is 1. The largest absolute Gasteiger partial charge is 0.478 e. The summed E-state index contributed by atoms with van der Waals surface area (Å²) in [6.07, 6.45) is 2.64. The van der Waals surface area contributed by atoms with E-state index in [-0.39, 0.29) is 0 Å². The van der Waals surface area contributed by atoms with Crippen molar-refractivity contribution >= 4 is 11.5 Å². The summed E-state index contributed by atoms with van der Waals surface area (Å²) in [7, 11) is 0. The SMILES string of the molecule is Cc1ccc2c(Cc3cccc(C(=O)O)c3)c(-c3ccccc3)nn2c1. The van der Waals surface area contributed by atoms with Crippen molar-refractivity contribution in [2.45, 2.75) is 13.3 Å². The number of hydrogen-bond acceptors (Lipinski definition) is 2. The molecule has 26 heavy (non-hydrogen) atoms. The molecule has 0 fully saturated rings. The van der Waals surface area contributed by atoms with Crippen molar-refractivity contribution in [2.75, 3.05) is 0 Å². The summed E-state index contributed by atoms with van der Waals surface area (Å²) in [5.41, 5.74) is 6.51. The van der Waals surface area contributed by atoms with E-state index in [2.05, 4.69) is 12.1 Å². The second-order valence-corrected chi connectivity index (χ2v) is 6.41. The Balaban J connectivity index is 1.87. The van der Waals surface area contributed by atoms with Crippen molar-refractivity contribution in [1.82, 2.24) is 9.61 Å². The van der Waals surface area contributed by atoms with Crippen LogP contribution in [0.4, 0.5) is 0 Å². The van der Waals surface area contributed by atoms with Crippen LogP contribution in [0.2, 0.25) is 0 Å². The van der Waals surface area contributed by atoms with Gasteiger partial charge >= 0.3 is 5.97 Å². The van der Waals surface area contributed by atoms with Crippen LogP contribution in [-0.4, -0.2) is 20.7 Å². The van der Waals surface area contributed by atoms with Gasteiger partial charge in [0.25, 0.3) is 0 Å². The van der Waals surface area contributed by atoms with Crippen LogP contribution in [0.25, 0.3) is 16.8 Å². The molecular formula is C22H18N2O2. The van der Waals surface area contributed by atoms with E-state index >= 15 is 0 Å². The summed E-state index contributed by atoms with van der Waals surface area (Å²) in [6.45, 7) is 2.04. The van der Waals surface area contributed by atoms with Crippen LogP contribution in [0.5, 0.6) is 0 Å². The third-order valence-corrected chi connectivity index (χ3v) is 4.48. The minimum absolute atomic E-state index is 0.302. The standard InChI is InChI=1S/C22H18N2O2/c1-15-10-11-20-19(13-16-6-5-9-18(12-16)22(25)26)21(23-24(20)14-15)17-7-3-2-4-8-17/h2-12,14H,13H2,1H3,(H,25,26). The van der Waals surface area contributed by atoms with Crippen LogP contribution in [0.3, 0.4) is 0 Å². The number of rotatable bonds is 4. The number of benzene rings is 2. The molecule has 4 heteroatoms. The van der Waals surface area contributed by atoms with Crippen LogP contribution in [-0.2, 0) is 6.42 Å². The molecule has 0 atom stereocenters. The highest BCUT2D eigenvalue weighted by atomic mass is 16.4. The lowest BCUT2D eigenvalue weighted by molar-refractivity contribution is 0.0697. The topological polar surface area (TPSA) is 54.6 Å². The molecule has 0 unspecified atom stereocenters. The maximum Gasteiger partial charge on any atom is 0.335 e. The van der Waals surface area contributed by atoms with Gasteiger partial charge in [0.2, 0.25) is 0 Å². The fraction of sp³-hybridized carbons (Fsp3) is 0.0909. The molecule has 1 N–H and O–H groups in total. The highest BCUT2D eigenvalue weighted by molar-refractivity contribution is 5.87. The van der Waals surface area contributed by atoms with Crippen molar-refractivity contribution in [1.29, 1.82) is 0 Å². The zero-order valence-corrected chi connectivity index (χ0v) is 14.4. The summed E-state index contributed by atoms with van der Waals surface area (Å²) in [4.78, 5) is 11.3. The first-order valence-corrected chi connectivity index (χ1v) is 8.47. The molecule has 0 amide bonds. The first kappa shape index (κ1) is 16.1. The van der Waals surface area contributed by atoms with Gasteiger partial charge in [0.1, 0.15) is 0 Å². The third kappa shape index (κ3) is 2.97. The fourth-order valence-corrected chi connectivity index (χ4v) is 3.22. The Hall–Kier alpha value is -3.40. The molecule has 0 saturated heterocycles. The van der Waals surface area contributed by atoms with Crippen molar-refractivity contribution in [3.8, 4) is 11.3 Å². The van der Waals surface area contributed by atoms with Gasteiger partial charge in [0, 0.05) is 23.7 Å². The quantitative estimate of drug-likeness (QED) is 0.590. The molecular weight excluding hydrogens is 324 g/mol. The number of carbonyl (C=O) groups is 1. The molecule has 4 nitrogen and oxygen atoms in total. The summed E-state index contributed by atoms with van der Waals surface area (Å²) >= 11 is 0. The number of aryl methyl sites for hydroxylation is 1. The number of carboxylic acid groups (broad SMARTS) is 1. The van der Waals surface area contributed by atoms with Gasteiger partial charge in [-0.25, -0.2) is 9.31 Å². The second kappa shape index (κ2) is 6.48. The number of nitrogens with zero attached hydrogens (tertiary/aromatic N) is 2. The average Bonchev–Trinajstić information content (AvgIpc) is 3.00. The first-order chi connectivity index (χ1) is 12.6. The van der Waals surface area contributed by atoms with E-state index in [9.17, 15) is 9.90 Å². The predicted octanol–water partition coefficient (Wildman–Crippen LogP) is 4.60. The molecule has 2 heterocycles. The highest BCUT2D eigenvalue weighted by Gasteiger charge is 2.15. The van der Waals surface area contributed by atoms with Crippen molar-refractivity contribution in [3.63, 3.8) is 0 Å². The van der Waals surface area contributed by atoms with Gasteiger partial charge in [-0.1, -0.05) is 48.5 Å². The van der Waals surface area contributed by atoms with Crippen molar-refractivity contribution < 1.29 is 9.90 Å². The number of fused-ring (bicyclic) bond motifs is 1. The second-order valence-electron chi connectivity index (χ2n) is 6.41. The molecule has 2 aromatic carbocycles. The van der Waals surface area contributed by atoms with Gasteiger partial charge in [0.05, 0.1) is 16.8 Å². The lowest BCUT2D eigenvalue weighted by Gasteiger charge is -2.05. The molecule has 4 aromatic rings. The maximum absolute atomic E-state index is 11.3. The molecule has 0 aliphatic rings. The Morgan fingerprint density at radius 2 is 1.85 bits per heavy atom. The summed E-state index contributed by atoms with van der Waals surface area (Å²) in [5.74, 6) is -0.911. The first-order valence-electron chi connectivity index (χ1n) is 8.47. The molecule has 128 valence electrons. The highest BCUT2D eigenvalue weighted by Crippen LogP contribution is 2.28. The van der Waals surface area contributed by atoms with E-state index < -0.39 is 5.97 Å². The van der Waals surface area contributed by atoms with E-state index in [4.69, 9.17) is 5.10 Å². The van der Waals surface area contributed by atoms with E-state index in [0.717, 1.165) is 33.5 Å². The van der Waals surface area contributed by atoms with E-state index in [1.54, 1.807) is 18.2 Å². The van der Waals surface area contributed by atoms with Gasteiger partial charge < -0.3 is 5.11 Å². The summed E-state index contributed by atoms with van der Waals surface area (Å²) in [5, 5.41) is 14.1. The van der Waals surface area contributed by atoms with Crippen LogP contribution < -0.4 is 0 Å². The molecule has 0 bridgehead atoms. The molecule has 0 spiro atoms. The number of aromatic nitrogens is 2. The smallest absolute Gasteiger partial charge is 0.335 e.